The van der Waals surface area contributed by atoms with Crippen LogP contribution in [-0.2, 0) is 13.9 Å². The van der Waals surface area contributed by atoms with Crippen LogP contribution in [0.4, 0.5) is 4.79 Å². The molecule has 1 atom stereocenters. The molecule has 12 heteroatoms. The predicted molar refractivity (Wildman–Crippen MR) is 44.8 cm³/mol. The van der Waals surface area contributed by atoms with Crippen molar-refractivity contribution < 1.29 is 43.8 Å². The van der Waals surface area contributed by atoms with Crippen LogP contribution in [0.1, 0.15) is 0 Å². The Hall–Kier alpha value is 0.0697. The second-order valence-electron chi connectivity index (χ2n) is 1.98. The summed E-state index contributed by atoms with van der Waals surface area (Å²) in [5.41, 5.74) is 4.86. The summed E-state index contributed by atoms with van der Waals surface area (Å²) in [5.74, 6) is -1.38. The van der Waals surface area contributed by atoms with Gasteiger partial charge in [0.15, 0.2) is 0 Å². The topological polar surface area (TPSA) is 193 Å². The molecule has 0 rings (SSSR count). The summed E-state index contributed by atoms with van der Waals surface area (Å²) >= 11 is 0. The Bertz CT molecular complexity index is 260. The van der Waals surface area contributed by atoms with Gasteiger partial charge in [-0.05, 0) is 6.16 Å². The zero-order valence-corrected chi connectivity index (χ0v) is 10.9. The van der Waals surface area contributed by atoms with E-state index in [9.17, 15) is 9.36 Å². The van der Waals surface area contributed by atoms with Crippen molar-refractivity contribution in [3.63, 3.8) is 0 Å². The zero-order chi connectivity index (χ0) is 12.6. The molecule has 0 fully saturated rings. The summed E-state index contributed by atoms with van der Waals surface area (Å²) in [7, 11) is -4.60. The third-order valence-corrected chi connectivity index (χ3v) is 1.22. The summed E-state index contributed by atoms with van der Waals surface area (Å²) in [6.45, 7) is -0.709. The van der Waals surface area contributed by atoms with Crippen molar-refractivity contribution >= 4 is 57.7 Å². The molecule has 0 heterocycles. The van der Waals surface area contributed by atoms with Gasteiger partial charge >= 0.3 is 51.5 Å². The Labute approximate surface area is 119 Å². The minimum atomic E-state index is -4.60. The molecule has 0 aromatic rings. The molecule has 0 saturated carbocycles. The number of carbonyl (C=O) groups excluding carboxylic acids is 1. The Kier molecular flexibility index (Phi) is 13.7. The average molecular weight is 285 g/mol. The van der Waals surface area contributed by atoms with E-state index in [-0.39, 0.29) is 37.7 Å². The molecule has 16 heavy (non-hydrogen) atoms. The van der Waals surface area contributed by atoms with Crippen molar-refractivity contribution in [3.05, 3.63) is 0 Å². The van der Waals surface area contributed by atoms with Gasteiger partial charge in [-0.3, -0.25) is 9.32 Å². The van der Waals surface area contributed by atoms with Crippen LogP contribution in [0.25, 0.3) is 0 Å². The number of phosphoric acid groups is 1. The van der Waals surface area contributed by atoms with Gasteiger partial charge in [0.05, 0.1) is 6.61 Å². The standard InChI is InChI=1S/C3H8NO6P.CH2O3.Ca/c4-2(3(5)6)1-10-11(7,8)9;2-1(3)4;/h2H,1,4H2,(H,5,6)(H2,7,8,9);(H2,2,3,4);/q;;+2/p-2. The van der Waals surface area contributed by atoms with E-state index < -0.39 is 32.6 Å². The minimum Gasteiger partial charge on any atom is -0.652 e. The van der Waals surface area contributed by atoms with E-state index in [0.29, 0.717) is 0 Å². The molecule has 0 radical (unpaired) electrons. The van der Waals surface area contributed by atoms with Gasteiger partial charge < -0.3 is 35.6 Å². The molecule has 0 aromatic heterocycles. The van der Waals surface area contributed by atoms with Crippen LogP contribution in [0.2, 0.25) is 0 Å². The number of aliphatic carboxylic acids is 1. The van der Waals surface area contributed by atoms with Crippen molar-refractivity contribution in [1.82, 2.24) is 0 Å². The van der Waals surface area contributed by atoms with E-state index in [0.717, 1.165) is 0 Å². The maximum Gasteiger partial charge on any atom is 2.00 e. The van der Waals surface area contributed by atoms with E-state index in [1.165, 1.54) is 0 Å². The smallest absolute Gasteiger partial charge is 0.652 e. The first-order valence-corrected chi connectivity index (χ1v) is 4.65. The molecule has 10 nitrogen and oxygen atoms in total. The van der Waals surface area contributed by atoms with Gasteiger partial charge in [0.25, 0.3) is 0 Å². The van der Waals surface area contributed by atoms with Gasteiger partial charge in [0.1, 0.15) is 6.04 Å². The van der Waals surface area contributed by atoms with Gasteiger partial charge in [-0.25, -0.2) is 4.57 Å². The second-order valence-corrected chi connectivity index (χ2v) is 3.22. The summed E-state index contributed by atoms with van der Waals surface area (Å²) in [4.78, 5) is 34.5. The zero-order valence-electron chi connectivity index (χ0n) is 7.81. The van der Waals surface area contributed by atoms with E-state index >= 15 is 0 Å². The number of hydrogen-bond donors (Lipinski definition) is 4. The van der Waals surface area contributed by atoms with Crippen molar-refractivity contribution in [3.8, 4) is 0 Å². The number of rotatable bonds is 4. The van der Waals surface area contributed by atoms with E-state index in [2.05, 4.69) is 4.52 Å². The Morgan fingerprint density at radius 3 is 1.88 bits per heavy atom. The molecular formula is C4H8CaNO9P. The van der Waals surface area contributed by atoms with Crippen molar-refractivity contribution in [2.24, 2.45) is 5.73 Å². The number of carbonyl (C=O) groups is 2. The summed E-state index contributed by atoms with van der Waals surface area (Å²) in [5, 5.41) is 24.8. The first kappa shape index (κ1) is 21.4. The van der Waals surface area contributed by atoms with Crippen LogP contribution in [0.5, 0.6) is 0 Å². The van der Waals surface area contributed by atoms with Gasteiger partial charge in [-0.15, -0.1) is 0 Å². The molecule has 0 aliphatic heterocycles. The van der Waals surface area contributed by atoms with Crippen molar-refractivity contribution in [1.29, 1.82) is 0 Å². The number of carboxylic acids is 1. The average Bonchev–Trinajstić information content (AvgIpc) is 1.97. The normalized spacial score (nSPS) is 11.4. The summed E-state index contributed by atoms with van der Waals surface area (Å²) < 4.78 is 13.8. The fourth-order valence-corrected chi connectivity index (χ4v) is 0.603. The van der Waals surface area contributed by atoms with Gasteiger partial charge in [-0.2, -0.15) is 0 Å². The maximum atomic E-state index is 9.98. The van der Waals surface area contributed by atoms with E-state index in [1.807, 2.05) is 0 Å². The number of hydrogen-bond acceptors (Lipinski definition) is 7. The monoisotopic (exact) mass is 285 g/mol. The van der Waals surface area contributed by atoms with Crippen LogP contribution in [0.3, 0.4) is 0 Å². The second kappa shape index (κ2) is 10.2. The molecule has 90 valence electrons. The number of nitrogens with two attached hydrogens (primary N) is 1. The van der Waals surface area contributed by atoms with Gasteiger partial charge in [0, 0.05) is 0 Å². The summed E-state index contributed by atoms with van der Waals surface area (Å²) in [6, 6.07) is -1.41. The number of phosphoric ester groups is 1. The first-order valence-electron chi connectivity index (χ1n) is 3.12. The number of carboxylic acid groups (broad SMARTS) is 3. The Morgan fingerprint density at radius 1 is 1.38 bits per heavy atom. The van der Waals surface area contributed by atoms with Gasteiger partial charge in [-0.1, -0.05) is 0 Å². The summed E-state index contributed by atoms with van der Waals surface area (Å²) in [6.07, 6.45) is -2.33. The molecule has 0 bridgehead atoms. The molecular weight excluding hydrogens is 277 g/mol. The molecule has 0 spiro atoms. The largest absolute Gasteiger partial charge is 2.00 e. The van der Waals surface area contributed by atoms with Crippen LogP contribution in [-0.4, -0.2) is 77.4 Å². The van der Waals surface area contributed by atoms with Gasteiger partial charge in [0.2, 0.25) is 0 Å². The van der Waals surface area contributed by atoms with Crippen molar-refractivity contribution in [2.45, 2.75) is 6.04 Å². The van der Waals surface area contributed by atoms with Crippen LogP contribution in [0, 0.1) is 0 Å². The third kappa shape index (κ3) is 23.7. The molecule has 1 unspecified atom stereocenters. The molecule has 0 aromatic carbocycles. The third-order valence-electron chi connectivity index (χ3n) is 0.739. The Balaban J connectivity index is -0.000000292. The molecule has 5 N–H and O–H groups in total. The van der Waals surface area contributed by atoms with E-state index in [4.69, 9.17) is 35.6 Å². The maximum absolute atomic E-state index is 9.98. The first-order chi connectivity index (χ1) is 6.56. The molecule has 0 amide bonds. The van der Waals surface area contributed by atoms with E-state index in [1.54, 1.807) is 0 Å². The fourth-order valence-electron chi connectivity index (χ4n) is 0.249. The van der Waals surface area contributed by atoms with Crippen LogP contribution in [0.15, 0.2) is 0 Å². The van der Waals surface area contributed by atoms with Crippen LogP contribution >= 0.6 is 7.82 Å². The molecule has 0 saturated heterocycles. The molecule has 0 aliphatic rings. The predicted octanol–water partition coefficient (Wildman–Crippen LogP) is -4.32. The minimum absolute atomic E-state index is 0. The fraction of sp³-hybridized carbons (Fsp3) is 0.500. The quantitative estimate of drug-likeness (QED) is 0.289. The van der Waals surface area contributed by atoms with Crippen molar-refractivity contribution in [2.75, 3.05) is 6.61 Å². The van der Waals surface area contributed by atoms with Crippen LogP contribution < -0.4 is 15.9 Å². The SMILES string of the molecule is NC(COP(=O)(O)O)C(=O)O.O=C([O-])[O-].[Ca+2]. The Morgan fingerprint density at radius 2 is 1.69 bits per heavy atom. The molecule has 0 aliphatic carbocycles.